The number of nitrogens with zero attached hydrogens (tertiary/aromatic N) is 2. The summed E-state index contributed by atoms with van der Waals surface area (Å²) in [5.41, 5.74) is 2.63. The molecule has 0 fully saturated rings. The van der Waals surface area contributed by atoms with E-state index in [4.69, 9.17) is 18.0 Å². The summed E-state index contributed by atoms with van der Waals surface area (Å²) in [6.45, 7) is 2.39. The molecule has 3 nitrogen and oxygen atoms in total. The van der Waals surface area contributed by atoms with Gasteiger partial charge >= 0.3 is 0 Å². The number of thiazole rings is 1. The van der Waals surface area contributed by atoms with E-state index in [1.807, 2.05) is 29.7 Å². The van der Waals surface area contributed by atoms with E-state index in [-0.39, 0.29) is 5.91 Å². The average molecular weight is 341 g/mol. The Bertz CT molecular complexity index is 991. The van der Waals surface area contributed by atoms with Crippen molar-refractivity contribution in [2.75, 3.05) is 0 Å². The molecule has 0 aliphatic carbocycles. The quantitative estimate of drug-likeness (QED) is 0.648. The summed E-state index contributed by atoms with van der Waals surface area (Å²) in [4.78, 5) is 17.2. The molecular weight excluding hydrogens is 328 g/mol. The molecule has 0 radical (unpaired) electrons. The zero-order valence-corrected chi connectivity index (χ0v) is 14.0. The molecule has 0 spiro atoms. The van der Waals surface area contributed by atoms with Crippen molar-refractivity contribution in [3.8, 4) is 12.3 Å². The highest BCUT2D eigenvalue weighted by Gasteiger charge is 2.10. The van der Waals surface area contributed by atoms with Crippen LogP contribution in [-0.4, -0.2) is 10.5 Å². The summed E-state index contributed by atoms with van der Waals surface area (Å²) in [7, 11) is 0. The molecule has 114 valence electrons. The van der Waals surface area contributed by atoms with Gasteiger partial charge in [0.2, 0.25) is 0 Å². The number of halogens is 1. The molecule has 2 aromatic carbocycles. The SMILES string of the molecule is C#CCn1c(=NC(=O)c2ccc(Cl)cc2)sc2cccc(C)c21. The van der Waals surface area contributed by atoms with Crippen LogP contribution in [0.3, 0.4) is 0 Å². The topological polar surface area (TPSA) is 34.4 Å². The second-order valence-corrected chi connectivity index (χ2v) is 6.47. The molecule has 5 heteroatoms. The van der Waals surface area contributed by atoms with Crippen LogP contribution in [0.1, 0.15) is 15.9 Å². The minimum Gasteiger partial charge on any atom is -0.304 e. The van der Waals surface area contributed by atoms with Crippen LogP contribution in [0, 0.1) is 19.3 Å². The van der Waals surface area contributed by atoms with Gasteiger partial charge in [0.25, 0.3) is 5.91 Å². The number of benzene rings is 2. The number of rotatable bonds is 2. The van der Waals surface area contributed by atoms with E-state index in [2.05, 4.69) is 10.9 Å². The van der Waals surface area contributed by atoms with E-state index in [0.717, 1.165) is 15.8 Å². The molecule has 0 unspecified atom stereocenters. The lowest BCUT2D eigenvalue weighted by atomic mass is 10.2. The molecule has 1 aromatic heterocycles. The summed E-state index contributed by atoms with van der Waals surface area (Å²) >= 11 is 7.31. The molecule has 0 aliphatic heterocycles. The van der Waals surface area contributed by atoms with Crippen LogP contribution >= 0.6 is 22.9 Å². The lowest BCUT2D eigenvalue weighted by Gasteiger charge is -2.02. The first-order chi connectivity index (χ1) is 11.1. The van der Waals surface area contributed by atoms with Crippen LogP contribution in [0.2, 0.25) is 5.02 Å². The van der Waals surface area contributed by atoms with Gasteiger partial charge in [-0.05, 0) is 42.8 Å². The van der Waals surface area contributed by atoms with Gasteiger partial charge in [0.15, 0.2) is 4.80 Å². The Kier molecular flexibility index (Phi) is 4.33. The fourth-order valence-electron chi connectivity index (χ4n) is 2.37. The Morgan fingerprint density at radius 1 is 1.30 bits per heavy atom. The molecule has 0 aliphatic rings. The minimum atomic E-state index is -0.309. The molecular formula is C18H13ClN2OS. The van der Waals surface area contributed by atoms with Gasteiger partial charge < -0.3 is 4.57 Å². The van der Waals surface area contributed by atoms with Crippen molar-refractivity contribution in [2.24, 2.45) is 4.99 Å². The van der Waals surface area contributed by atoms with Crippen molar-refractivity contribution < 1.29 is 4.79 Å². The molecule has 0 saturated heterocycles. The predicted octanol–water partition coefficient (Wildman–Crippen LogP) is 4.04. The Balaban J connectivity index is 2.17. The Hall–Kier alpha value is -2.35. The molecule has 0 saturated carbocycles. The second kappa shape index (κ2) is 6.41. The van der Waals surface area contributed by atoms with E-state index in [0.29, 0.717) is 21.9 Å². The third-order valence-corrected chi connectivity index (χ3v) is 4.74. The van der Waals surface area contributed by atoms with Crippen molar-refractivity contribution in [3.05, 3.63) is 63.4 Å². The lowest BCUT2D eigenvalue weighted by Crippen LogP contribution is -2.16. The summed E-state index contributed by atoms with van der Waals surface area (Å²) in [6.07, 6.45) is 5.48. The first kappa shape index (κ1) is 15.5. The smallest absolute Gasteiger partial charge is 0.279 e. The molecule has 0 bridgehead atoms. The zero-order chi connectivity index (χ0) is 16.4. The number of fused-ring (bicyclic) bond motifs is 1. The predicted molar refractivity (Wildman–Crippen MR) is 94.7 cm³/mol. The molecule has 3 rings (SSSR count). The molecule has 1 heterocycles. The van der Waals surface area contributed by atoms with Crippen LogP contribution in [0.25, 0.3) is 10.2 Å². The van der Waals surface area contributed by atoms with Crippen LogP contribution in [0.5, 0.6) is 0 Å². The van der Waals surface area contributed by atoms with Gasteiger partial charge in [-0.3, -0.25) is 4.79 Å². The van der Waals surface area contributed by atoms with Gasteiger partial charge in [-0.1, -0.05) is 41.0 Å². The van der Waals surface area contributed by atoms with Crippen molar-refractivity contribution in [1.82, 2.24) is 4.57 Å². The van der Waals surface area contributed by atoms with Crippen molar-refractivity contribution >= 4 is 39.1 Å². The first-order valence-electron chi connectivity index (χ1n) is 6.97. The third-order valence-electron chi connectivity index (χ3n) is 3.44. The van der Waals surface area contributed by atoms with Crippen molar-refractivity contribution in [3.63, 3.8) is 0 Å². The van der Waals surface area contributed by atoms with Crippen LogP contribution in [0.15, 0.2) is 47.5 Å². The fraction of sp³-hybridized carbons (Fsp3) is 0.111. The van der Waals surface area contributed by atoms with Gasteiger partial charge in [-0.2, -0.15) is 4.99 Å². The molecule has 1 amide bonds. The molecule has 0 atom stereocenters. The monoisotopic (exact) mass is 340 g/mol. The number of para-hydroxylation sites is 1. The fourth-order valence-corrected chi connectivity index (χ4v) is 3.61. The van der Waals surface area contributed by atoms with Gasteiger partial charge in [-0.15, -0.1) is 6.42 Å². The number of terminal acetylenes is 1. The first-order valence-corrected chi connectivity index (χ1v) is 8.16. The van der Waals surface area contributed by atoms with E-state index in [1.165, 1.54) is 11.3 Å². The maximum absolute atomic E-state index is 12.4. The van der Waals surface area contributed by atoms with Crippen LogP contribution in [-0.2, 0) is 6.54 Å². The number of amides is 1. The summed E-state index contributed by atoms with van der Waals surface area (Å²) in [5, 5.41) is 0.585. The Morgan fingerprint density at radius 3 is 2.74 bits per heavy atom. The maximum Gasteiger partial charge on any atom is 0.279 e. The zero-order valence-electron chi connectivity index (χ0n) is 12.4. The maximum atomic E-state index is 12.4. The number of hydrogen-bond acceptors (Lipinski definition) is 2. The Morgan fingerprint density at radius 2 is 2.04 bits per heavy atom. The number of aromatic nitrogens is 1. The van der Waals surface area contributed by atoms with E-state index >= 15 is 0 Å². The summed E-state index contributed by atoms with van der Waals surface area (Å²) < 4.78 is 2.96. The second-order valence-electron chi connectivity index (χ2n) is 5.02. The van der Waals surface area contributed by atoms with Crippen molar-refractivity contribution in [1.29, 1.82) is 0 Å². The Labute approximate surface area is 142 Å². The largest absolute Gasteiger partial charge is 0.304 e. The van der Waals surface area contributed by atoms with Gasteiger partial charge in [0, 0.05) is 10.6 Å². The highest BCUT2D eigenvalue weighted by Crippen LogP contribution is 2.21. The van der Waals surface area contributed by atoms with E-state index in [9.17, 15) is 4.79 Å². The highest BCUT2D eigenvalue weighted by atomic mass is 35.5. The minimum absolute atomic E-state index is 0.309. The summed E-state index contributed by atoms with van der Waals surface area (Å²) in [5.74, 6) is 2.32. The molecule has 3 aromatic rings. The number of aryl methyl sites for hydroxylation is 1. The van der Waals surface area contributed by atoms with Crippen LogP contribution in [0.4, 0.5) is 0 Å². The summed E-state index contributed by atoms with van der Waals surface area (Å²) in [6, 6.07) is 12.7. The lowest BCUT2D eigenvalue weighted by molar-refractivity contribution is 0.0998. The van der Waals surface area contributed by atoms with Gasteiger partial charge in [0.1, 0.15) is 0 Å². The number of hydrogen-bond donors (Lipinski definition) is 0. The standard InChI is InChI=1S/C18H13ClN2OS/c1-3-11-21-16-12(2)5-4-6-15(16)23-18(21)20-17(22)13-7-9-14(19)10-8-13/h1,4-10H,11H2,2H3. The highest BCUT2D eigenvalue weighted by molar-refractivity contribution is 7.16. The van der Waals surface area contributed by atoms with E-state index < -0.39 is 0 Å². The van der Waals surface area contributed by atoms with Gasteiger partial charge in [0.05, 0.1) is 16.8 Å². The van der Waals surface area contributed by atoms with Crippen LogP contribution < -0.4 is 4.80 Å². The number of carbonyl (C=O) groups excluding carboxylic acids is 1. The van der Waals surface area contributed by atoms with E-state index in [1.54, 1.807) is 24.3 Å². The third kappa shape index (κ3) is 3.07. The molecule has 23 heavy (non-hydrogen) atoms. The molecule has 0 N–H and O–H groups in total. The van der Waals surface area contributed by atoms with Gasteiger partial charge in [-0.25, -0.2) is 0 Å². The normalized spacial score (nSPS) is 11.6. The number of carbonyl (C=O) groups is 1. The average Bonchev–Trinajstić information content (AvgIpc) is 2.87. The van der Waals surface area contributed by atoms with Crippen molar-refractivity contribution in [2.45, 2.75) is 13.5 Å².